The topological polar surface area (TPSA) is 15.3 Å². The highest BCUT2D eigenvalue weighted by Gasteiger charge is 2.21. The zero-order valence-corrected chi connectivity index (χ0v) is 12.5. The van der Waals surface area contributed by atoms with Crippen molar-refractivity contribution in [3.05, 3.63) is 27.1 Å². The molecule has 0 aromatic heterocycles. The summed E-state index contributed by atoms with van der Waals surface area (Å²) < 4.78 is 2.33. The maximum absolute atomic E-state index is 3.63. The summed E-state index contributed by atoms with van der Waals surface area (Å²) in [5.41, 5.74) is 1.28. The summed E-state index contributed by atoms with van der Waals surface area (Å²) in [4.78, 5) is 2.44. The molecule has 1 saturated heterocycles. The monoisotopic (exact) mass is 346 g/mol. The number of nitrogens with zero attached hydrogens (tertiary/aromatic N) is 1. The Hall–Kier alpha value is -0.0600. The lowest BCUT2D eigenvalue weighted by Crippen LogP contribution is -2.50. The van der Waals surface area contributed by atoms with Gasteiger partial charge in [0, 0.05) is 34.6 Å². The van der Waals surface area contributed by atoms with Crippen LogP contribution in [0.5, 0.6) is 0 Å². The minimum absolute atomic E-state index is 0.604. The first kappa shape index (κ1) is 12.4. The Labute approximate surface area is 114 Å². The van der Waals surface area contributed by atoms with Gasteiger partial charge in [-0.1, -0.05) is 13.0 Å². The molecule has 2 rings (SSSR count). The van der Waals surface area contributed by atoms with Crippen LogP contribution in [0.3, 0.4) is 0 Å². The van der Waals surface area contributed by atoms with Gasteiger partial charge in [0.2, 0.25) is 0 Å². The molecule has 88 valence electrons. The summed E-state index contributed by atoms with van der Waals surface area (Å²) in [6.45, 7) is 5.44. The van der Waals surface area contributed by atoms with Gasteiger partial charge in [-0.3, -0.25) is 0 Å². The lowest BCUT2D eigenvalue weighted by Gasteiger charge is -2.36. The van der Waals surface area contributed by atoms with Crippen molar-refractivity contribution >= 4 is 37.5 Å². The summed E-state index contributed by atoms with van der Waals surface area (Å²) in [7, 11) is 0. The van der Waals surface area contributed by atoms with Crippen LogP contribution in [-0.4, -0.2) is 25.7 Å². The standard InChI is InChI=1S/C12H16Br2N2/c1-2-9-8-16(7-6-15-9)12-10(13)4-3-5-11(12)14/h3-5,9,15H,2,6-8H2,1H3. The number of rotatable bonds is 2. The van der Waals surface area contributed by atoms with E-state index in [1.807, 2.05) is 0 Å². The van der Waals surface area contributed by atoms with E-state index in [9.17, 15) is 0 Å². The van der Waals surface area contributed by atoms with Gasteiger partial charge in [0.05, 0.1) is 5.69 Å². The van der Waals surface area contributed by atoms with Crippen LogP contribution in [0, 0.1) is 0 Å². The van der Waals surface area contributed by atoms with Gasteiger partial charge in [-0.05, 0) is 50.4 Å². The molecule has 1 heterocycles. The summed E-state index contributed by atoms with van der Waals surface area (Å²) in [6.07, 6.45) is 1.18. The number of benzene rings is 1. The summed E-state index contributed by atoms with van der Waals surface area (Å²) >= 11 is 7.26. The SMILES string of the molecule is CCC1CN(c2c(Br)cccc2Br)CCN1. The predicted molar refractivity (Wildman–Crippen MR) is 76.1 cm³/mol. The lowest BCUT2D eigenvalue weighted by atomic mass is 10.1. The fourth-order valence-corrected chi connectivity index (χ4v) is 3.59. The van der Waals surface area contributed by atoms with Gasteiger partial charge in [-0.2, -0.15) is 0 Å². The van der Waals surface area contributed by atoms with Crippen LogP contribution in [0.1, 0.15) is 13.3 Å². The first-order chi connectivity index (χ1) is 7.72. The molecular formula is C12H16Br2N2. The van der Waals surface area contributed by atoms with E-state index in [-0.39, 0.29) is 0 Å². The van der Waals surface area contributed by atoms with Crippen molar-refractivity contribution in [1.29, 1.82) is 0 Å². The van der Waals surface area contributed by atoms with E-state index in [0.29, 0.717) is 6.04 Å². The third-order valence-electron chi connectivity index (χ3n) is 3.00. The fourth-order valence-electron chi connectivity index (χ4n) is 2.09. The quantitative estimate of drug-likeness (QED) is 0.882. The van der Waals surface area contributed by atoms with Crippen LogP contribution in [0.4, 0.5) is 5.69 Å². The first-order valence-corrected chi connectivity index (χ1v) is 7.23. The molecule has 0 bridgehead atoms. The summed E-state index contributed by atoms with van der Waals surface area (Å²) in [6, 6.07) is 6.86. The lowest BCUT2D eigenvalue weighted by molar-refractivity contribution is 0.446. The predicted octanol–water partition coefficient (Wildman–Crippen LogP) is 3.40. The molecule has 0 spiro atoms. The molecule has 2 nitrogen and oxygen atoms in total. The molecule has 1 aromatic carbocycles. The zero-order valence-electron chi connectivity index (χ0n) is 9.34. The van der Waals surface area contributed by atoms with Gasteiger partial charge in [-0.25, -0.2) is 0 Å². The van der Waals surface area contributed by atoms with E-state index in [0.717, 1.165) is 19.6 Å². The highest BCUT2D eigenvalue weighted by Crippen LogP contribution is 2.34. The smallest absolute Gasteiger partial charge is 0.0655 e. The molecule has 1 aromatic rings. The molecular weight excluding hydrogens is 332 g/mol. The second kappa shape index (κ2) is 5.52. The maximum atomic E-state index is 3.63. The number of hydrogen-bond donors (Lipinski definition) is 1. The second-order valence-electron chi connectivity index (χ2n) is 4.08. The van der Waals surface area contributed by atoms with Gasteiger partial charge < -0.3 is 10.2 Å². The molecule has 1 aliphatic heterocycles. The van der Waals surface area contributed by atoms with Gasteiger partial charge in [0.1, 0.15) is 0 Å². The molecule has 1 aliphatic rings. The Morgan fingerprint density at radius 1 is 1.38 bits per heavy atom. The van der Waals surface area contributed by atoms with E-state index in [4.69, 9.17) is 0 Å². The van der Waals surface area contributed by atoms with Crippen LogP contribution in [0.15, 0.2) is 27.1 Å². The van der Waals surface area contributed by atoms with Crippen molar-refractivity contribution in [1.82, 2.24) is 5.32 Å². The molecule has 1 N–H and O–H groups in total. The number of piperazine rings is 1. The van der Waals surface area contributed by atoms with Gasteiger partial charge in [0.15, 0.2) is 0 Å². The third kappa shape index (κ3) is 2.60. The largest absolute Gasteiger partial charge is 0.367 e. The summed E-state index contributed by atoms with van der Waals surface area (Å²) in [5.74, 6) is 0. The Morgan fingerprint density at radius 2 is 2.06 bits per heavy atom. The summed E-state index contributed by atoms with van der Waals surface area (Å²) in [5, 5.41) is 3.54. The molecule has 0 radical (unpaired) electrons. The van der Waals surface area contributed by atoms with Crippen molar-refractivity contribution in [3.63, 3.8) is 0 Å². The molecule has 0 aliphatic carbocycles. The average Bonchev–Trinajstić information content (AvgIpc) is 2.29. The number of hydrogen-bond acceptors (Lipinski definition) is 2. The van der Waals surface area contributed by atoms with E-state index in [2.05, 4.69) is 67.2 Å². The molecule has 1 fully saturated rings. The van der Waals surface area contributed by atoms with Crippen molar-refractivity contribution in [2.24, 2.45) is 0 Å². The van der Waals surface area contributed by atoms with E-state index < -0.39 is 0 Å². The highest BCUT2D eigenvalue weighted by molar-refractivity contribution is 9.11. The third-order valence-corrected chi connectivity index (χ3v) is 4.28. The number of nitrogens with one attached hydrogen (secondary N) is 1. The van der Waals surface area contributed by atoms with Crippen LogP contribution in [-0.2, 0) is 0 Å². The van der Waals surface area contributed by atoms with Gasteiger partial charge >= 0.3 is 0 Å². The average molecular weight is 348 g/mol. The zero-order chi connectivity index (χ0) is 11.5. The Kier molecular flexibility index (Phi) is 4.27. The van der Waals surface area contributed by atoms with Gasteiger partial charge in [0.25, 0.3) is 0 Å². The number of anilines is 1. The van der Waals surface area contributed by atoms with Crippen LogP contribution < -0.4 is 10.2 Å². The Morgan fingerprint density at radius 3 is 2.69 bits per heavy atom. The van der Waals surface area contributed by atoms with Crippen molar-refractivity contribution in [3.8, 4) is 0 Å². The van der Waals surface area contributed by atoms with Crippen molar-refractivity contribution in [2.75, 3.05) is 24.5 Å². The molecule has 0 amide bonds. The fraction of sp³-hybridized carbons (Fsp3) is 0.500. The molecule has 0 saturated carbocycles. The molecule has 1 unspecified atom stereocenters. The minimum Gasteiger partial charge on any atom is -0.367 e. The molecule has 1 atom stereocenters. The molecule has 4 heteroatoms. The molecule has 16 heavy (non-hydrogen) atoms. The van der Waals surface area contributed by atoms with Crippen LogP contribution >= 0.6 is 31.9 Å². The van der Waals surface area contributed by atoms with E-state index >= 15 is 0 Å². The number of halogens is 2. The van der Waals surface area contributed by atoms with Gasteiger partial charge in [-0.15, -0.1) is 0 Å². The Bertz CT molecular complexity index is 348. The maximum Gasteiger partial charge on any atom is 0.0655 e. The highest BCUT2D eigenvalue weighted by atomic mass is 79.9. The van der Waals surface area contributed by atoms with Crippen LogP contribution in [0.25, 0.3) is 0 Å². The van der Waals surface area contributed by atoms with E-state index in [1.54, 1.807) is 0 Å². The van der Waals surface area contributed by atoms with Crippen LogP contribution in [0.2, 0.25) is 0 Å². The van der Waals surface area contributed by atoms with E-state index in [1.165, 1.54) is 21.1 Å². The normalized spacial score (nSPS) is 21.2. The Balaban J connectivity index is 2.23. The minimum atomic E-state index is 0.604. The van der Waals surface area contributed by atoms with Crippen molar-refractivity contribution < 1.29 is 0 Å². The van der Waals surface area contributed by atoms with Crippen molar-refractivity contribution in [2.45, 2.75) is 19.4 Å². The first-order valence-electron chi connectivity index (χ1n) is 5.64. The second-order valence-corrected chi connectivity index (χ2v) is 5.78. The number of para-hydroxylation sites is 1.